The molecule has 0 fully saturated rings. The molecule has 1 rings (SSSR count). The van der Waals surface area contributed by atoms with E-state index >= 15 is 0 Å². The Morgan fingerprint density at radius 1 is 1.06 bits per heavy atom. The topological polar surface area (TPSA) is 226 Å². The van der Waals surface area contributed by atoms with E-state index in [0.717, 1.165) is 0 Å². The first-order valence-corrected chi connectivity index (χ1v) is 10.3. The van der Waals surface area contributed by atoms with Gasteiger partial charge in [-0.05, 0) is 39.7 Å². The van der Waals surface area contributed by atoms with E-state index < -0.39 is 54.0 Å². The van der Waals surface area contributed by atoms with Crippen LogP contribution in [0.1, 0.15) is 38.8 Å². The number of unbranched alkanes of at least 4 members (excludes halogenated alkanes) is 1. The van der Waals surface area contributed by atoms with E-state index in [1.165, 1.54) is 26.4 Å². The van der Waals surface area contributed by atoms with Gasteiger partial charge in [-0.2, -0.15) is 0 Å². The van der Waals surface area contributed by atoms with E-state index in [0.29, 0.717) is 25.1 Å². The number of hydrogen-bond acceptors (Lipinski definition) is 8. The normalized spacial score (nSPS) is 15.7. The van der Waals surface area contributed by atoms with Gasteiger partial charge < -0.3 is 42.6 Å². The summed E-state index contributed by atoms with van der Waals surface area (Å²) in [7, 11) is 0. The van der Waals surface area contributed by atoms with E-state index in [4.69, 9.17) is 11.5 Å². The van der Waals surface area contributed by atoms with Crippen molar-refractivity contribution < 1.29 is 29.4 Å². The summed E-state index contributed by atoms with van der Waals surface area (Å²) in [5.74, 6) is -3.31. The number of nitrogens with zero attached hydrogens (tertiary/aromatic N) is 1. The number of aromatic nitrogens is 2. The lowest BCUT2D eigenvalue weighted by molar-refractivity contribution is -0.142. The molecule has 13 heteroatoms. The molecule has 0 aliphatic carbocycles. The minimum Gasteiger partial charge on any atom is -0.480 e. The van der Waals surface area contributed by atoms with Gasteiger partial charge >= 0.3 is 5.97 Å². The van der Waals surface area contributed by atoms with Crippen LogP contribution in [0.2, 0.25) is 0 Å². The summed E-state index contributed by atoms with van der Waals surface area (Å²) in [6.07, 6.45) is 3.05. The van der Waals surface area contributed by atoms with Crippen LogP contribution in [0.5, 0.6) is 0 Å². The molecule has 0 saturated heterocycles. The predicted octanol–water partition coefficient (Wildman–Crippen LogP) is -2.65. The molecule has 0 spiro atoms. The molecule has 5 atom stereocenters. The first-order chi connectivity index (χ1) is 15.1. The van der Waals surface area contributed by atoms with Gasteiger partial charge in [-0.25, -0.2) is 9.78 Å². The van der Waals surface area contributed by atoms with Crippen molar-refractivity contribution in [2.24, 2.45) is 11.5 Å². The van der Waals surface area contributed by atoms with Crippen molar-refractivity contribution in [1.29, 1.82) is 0 Å². The van der Waals surface area contributed by atoms with Gasteiger partial charge in [0.2, 0.25) is 17.7 Å². The number of nitrogens with two attached hydrogens (primary N) is 2. The van der Waals surface area contributed by atoms with Gasteiger partial charge in [0.1, 0.15) is 24.2 Å². The third kappa shape index (κ3) is 8.99. The maximum Gasteiger partial charge on any atom is 0.326 e. The minimum absolute atomic E-state index is 0.0196. The van der Waals surface area contributed by atoms with Crippen molar-refractivity contribution in [1.82, 2.24) is 25.9 Å². The molecule has 0 radical (unpaired) electrons. The highest BCUT2D eigenvalue weighted by molar-refractivity contribution is 5.94. The summed E-state index contributed by atoms with van der Waals surface area (Å²) in [5, 5.41) is 26.2. The number of aromatic amines is 1. The van der Waals surface area contributed by atoms with Gasteiger partial charge in [-0.15, -0.1) is 0 Å². The second kappa shape index (κ2) is 13.4. The number of aliphatic carboxylic acids is 1. The van der Waals surface area contributed by atoms with E-state index in [1.807, 2.05) is 0 Å². The van der Waals surface area contributed by atoms with Gasteiger partial charge in [-0.3, -0.25) is 14.4 Å². The molecule has 0 aliphatic heterocycles. The van der Waals surface area contributed by atoms with E-state index in [1.54, 1.807) is 0 Å². The minimum atomic E-state index is -1.24. The second-order valence-corrected chi connectivity index (χ2v) is 7.52. The fraction of sp³-hybridized carbons (Fsp3) is 0.632. The molecule has 0 aromatic carbocycles. The second-order valence-electron chi connectivity index (χ2n) is 7.52. The Hall–Kier alpha value is -3.03. The zero-order valence-electron chi connectivity index (χ0n) is 18.2. The van der Waals surface area contributed by atoms with Crippen molar-refractivity contribution in [2.45, 2.75) is 69.8 Å². The maximum absolute atomic E-state index is 12.8. The number of carboxylic acids is 1. The van der Waals surface area contributed by atoms with Crippen molar-refractivity contribution in [2.75, 3.05) is 6.54 Å². The van der Waals surface area contributed by atoms with Crippen LogP contribution in [0.15, 0.2) is 12.5 Å². The fourth-order valence-corrected chi connectivity index (χ4v) is 2.74. The largest absolute Gasteiger partial charge is 0.480 e. The SMILES string of the molecule is CC(NC(=O)C(N)C(C)O)C(=O)NC(CCCCN)C(=O)NC(Cc1cnc[nH]1)C(=O)O. The Kier molecular flexibility index (Phi) is 11.3. The van der Waals surface area contributed by atoms with Crippen LogP contribution in [0.3, 0.4) is 0 Å². The summed E-state index contributed by atoms with van der Waals surface area (Å²) < 4.78 is 0. The predicted molar refractivity (Wildman–Crippen MR) is 114 cm³/mol. The van der Waals surface area contributed by atoms with Crippen LogP contribution < -0.4 is 27.4 Å². The monoisotopic (exact) mass is 455 g/mol. The zero-order chi connectivity index (χ0) is 24.3. The van der Waals surface area contributed by atoms with Crippen LogP contribution >= 0.6 is 0 Å². The molecular formula is C19H33N7O6. The van der Waals surface area contributed by atoms with Crippen LogP contribution in [-0.4, -0.2) is 80.7 Å². The summed E-state index contributed by atoms with van der Waals surface area (Å²) in [5.41, 5.74) is 11.6. The van der Waals surface area contributed by atoms with Gasteiger partial charge in [0.25, 0.3) is 0 Å². The molecule has 0 bridgehead atoms. The highest BCUT2D eigenvalue weighted by Gasteiger charge is 2.29. The number of carbonyl (C=O) groups excluding carboxylic acids is 3. The molecule has 32 heavy (non-hydrogen) atoms. The van der Waals surface area contributed by atoms with Crippen LogP contribution in [0, 0.1) is 0 Å². The molecule has 180 valence electrons. The van der Waals surface area contributed by atoms with Crippen LogP contribution in [0.4, 0.5) is 0 Å². The molecule has 10 N–H and O–H groups in total. The van der Waals surface area contributed by atoms with Gasteiger partial charge in [0.15, 0.2) is 0 Å². The average molecular weight is 456 g/mol. The van der Waals surface area contributed by atoms with Crippen LogP contribution in [0.25, 0.3) is 0 Å². The first-order valence-electron chi connectivity index (χ1n) is 10.3. The number of aliphatic hydroxyl groups is 1. The molecule has 3 amide bonds. The van der Waals surface area contributed by atoms with Crippen molar-refractivity contribution >= 4 is 23.7 Å². The average Bonchev–Trinajstić information content (AvgIpc) is 3.24. The molecule has 13 nitrogen and oxygen atoms in total. The summed E-state index contributed by atoms with van der Waals surface area (Å²) >= 11 is 0. The summed E-state index contributed by atoms with van der Waals surface area (Å²) in [4.78, 5) is 55.4. The lowest BCUT2D eigenvalue weighted by Crippen LogP contribution is -2.57. The third-order valence-corrected chi connectivity index (χ3v) is 4.75. The highest BCUT2D eigenvalue weighted by Crippen LogP contribution is 2.05. The Bertz CT molecular complexity index is 755. The standard InChI is InChI=1S/C19H33N7O6/c1-10(24-18(30)15(21)11(2)27)16(28)25-13(5-3-4-6-20)17(29)26-14(19(31)32)7-12-8-22-9-23-12/h8-11,13-15,27H,3-7,20-21H2,1-2H3,(H,22,23)(H,24,30)(H,25,28)(H,26,29)(H,31,32). The molecular weight excluding hydrogens is 422 g/mol. The maximum atomic E-state index is 12.8. The lowest BCUT2D eigenvalue weighted by atomic mass is 10.1. The molecule has 5 unspecified atom stereocenters. The number of rotatable bonds is 14. The highest BCUT2D eigenvalue weighted by atomic mass is 16.4. The lowest BCUT2D eigenvalue weighted by Gasteiger charge is -2.24. The van der Waals surface area contributed by atoms with Gasteiger partial charge in [-0.1, -0.05) is 0 Å². The summed E-state index contributed by atoms with van der Waals surface area (Å²) in [6.45, 7) is 3.13. The molecule has 0 saturated carbocycles. The Morgan fingerprint density at radius 3 is 2.25 bits per heavy atom. The number of nitrogens with one attached hydrogen (secondary N) is 4. The first kappa shape index (κ1) is 27.0. The number of carboxylic acid groups (broad SMARTS) is 1. The van der Waals surface area contributed by atoms with Gasteiger partial charge in [0, 0.05) is 18.3 Å². The van der Waals surface area contributed by atoms with Crippen molar-refractivity contribution in [3.63, 3.8) is 0 Å². The number of amides is 3. The van der Waals surface area contributed by atoms with Crippen LogP contribution in [-0.2, 0) is 25.6 Å². The quantitative estimate of drug-likeness (QED) is 0.137. The molecule has 1 aromatic rings. The fourth-order valence-electron chi connectivity index (χ4n) is 2.74. The number of aliphatic hydroxyl groups excluding tert-OH is 1. The van der Waals surface area contributed by atoms with Crippen molar-refractivity contribution in [3.8, 4) is 0 Å². The third-order valence-electron chi connectivity index (χ3n) is 4.75. The molecule has 1 heterocycles. The Morgan fingerprint density at radius 2 is 1.72 bits per heavy atom. The number of carbonyl (C=O) groups is 4. The Labute approximate surface area is 185 Å². The number of imidazole rings is 1. The van der Waals surface area contributed by atoms with Gasteiger partial charge in [0.05, 0.1) is 12.4 Å². The Balaban J connectivity index is 2.81. The van der Waals surface area contributed by atoms with E-state index in [2.05, 4.69) is 25.9 Å². The van der Waals surface area contributed by atoms with E-state index in [-0.39, 0.29) is 12.8 Å². The smallest absolute Gasteiger partial charge is 0.326 e. The summed E-state index contributed by atoms with van der Waals surface area (Å²) in [6, 6.07) is -4.54. The zero-order valence-corrected chi connectivity index (χ0v) is 18.2. The molecule has 1 aromatic heterocycles. The number of hydrogen-bond donors (Lipinski definition) is 8. The van der Waals surface area contributed by atoms with E-state index in [9.17, 15) is 29.4 Å². The number of H-pyrrole nitrogens is 1. The van der Waals surface area contributed by atoms with Crippen molar-refractivity contribution in [3.05, 3.63) is 18.2 Å². The molecule has 0 aliphatic rings.